The van der Waals surface area contributed by atoms with Crippen LogP contribution in [0.3, 0.4) is 0 Å². The molecule has 2 aliphatic heterocycles. The molecule has 1 amide bonds. The third-order valence-electron chi connectivity index (χ3n) is 8.06. The summed E-state index contributed by atoms with van der Waals surface area (Å²) in [4.78, 5) is 18.3. The van der Waals surface area contributed by atoms with Crippen LogP contribution in [0, 0.1) is 0 Å². The van der Waals surface area contributed by atoms with Crippen LogP contribution >= 0.6 is 0 Å². The second-order valence-corrected chi connectivity index (χ2v) is 16.3. The molecule has 0 radical (unpaired) electrons. The van der Waals surface area contributed by atoms with Crippen molar-refractivity contribution >= 4 is 20.1 Å². The quantitative estimate of drug-likeness (QED) is 0.519. The lowest BCUT2D eigenvalue weighted by Crippen LogP contribution is -2.55. The van der Waals surface area contributed by atoms with Crippen LogP contribution in [-0.2, 0) is 23.9 Å². The zero-order chi connectivity index (χ0) is 25.2. The molecule has 1 atom stereocenters. The van der Waals surface area contributed by atoms with Gasteiger partial charge in [0.25, 0.3) is 0 Å². The maximum atomic E-state index is 11.9. The van der Waals surface area contributed by atoms with Crippen molar-refractivity contribution < 1.29 is 14.3 Å². The molecule has 1 fully saturated rings. The third kappa shape index (κ3) is 6.08. The fourth-order valence-corrected chi connectivity index (χ4v) is 5.89. The number of hydrogen-bond donors (Lipinski definition) is 1. The van der Waals surface area contributed by atoms with Gasteiger partial charge in [-0.3, -0.25) is 4.90 Å². The standard InChI is InChI=1S/C28H41N3O3Si/c1-28(2,3)35(4,5)34-16-15-29-19-23-11-12-25(18-24(23)20-29)30-13-14-31(27(32)33)26(21-30)17-22-9-7-6-8-10-22/h6-12,18,26H,13-17,19-21H2,1-5H3,(H,32,33). The highest BCUT2D eigenvalue weighted by Crippen LogP contribution is 2.36. The Labute approximate surface area is 211 Å². The van der Waals surface area contributed by atoms with Gasteiger partial charge in [-0.25, -0.2) is 4.79 Å². The summed E-state index contributed by atoms with van der Waals surface area (Å²) in [6.45, 7) is 17.1. The van der Waals surface area contributed by atoms with Crippen molar-refractivity contribution in [3.8, 4) is 0 Å². The van der Waals surface area contributed by atoms with Crippen molar-refractivity contribution in [1.29, 1.82) is 0 Å². The van der Waals surface area contributed by atoms with Crippen molar-refractivity contribution in [2.24, 2.45) is 0 Å². The molecule has 2 aromatic rings. The molecular formula is C28H41N3O3Si. The van der Waals surface area contributed by atoms with Gasteiger partial charge in [-0.1, -0.05) is 57.2 Å². The lowest BCUT2D eigenvalue weighted by Gasteiger charge is -2.41. The Hall–Kier alpha value is -2.35. The van der Waals surface area contributed by atoms with Gasteiger partial charge in [0.2, 0.25) is 0 Å². The first-order chi connectivity index (χ1) is 16.5. The second-order valence-electron chi connectivity index (χ2n) is 11.5. The second kappa shape index (κ2) is 10.3. The average Bonchev–Trinajstić information content (AvgIpc) is 3.20. The van der Waals surface area contributed by atoms with Gasteiger partial charge in [-0.05, 0) is 53.4 Å². The number of benzene rings is 2. The van der Waals surface area contributed by atoms with Gasteiger partial charge in [0.15, 0.2) is 8.32 Å². The SMILES string of the molecule is CC(C)(C)[Si](C)(C)OCCN1Cc2ccc(N3CCN(C(=O)O)C(Cc4ccccc4)C3)cc2C1. The minimum atomic E-state index is -1.72. The molecule has 1 N–H and O–H groups in total. The molecular weight excluding hydrogens is 454 g/mol. The van der Waals surface area contributed by atoms with Crippen molar-refractivity contribution in [1.82, 2.24) is 9.80 Å². The van der Waals surface area contributed by atoms with E-state index in [0.29, 0.717) is 13.1 Å². The number of rotatable bonds is 7. The molecule has 190 valence electrons. The molecule has 1 unspecified atom stereocenters. The van der Waals surface area contributed by atoms with Crippen LogP contribution in [0.5, 0.6) is 0 Å². The van der Waals surface area contributed by atoms with E-state index in [1.165, 1.54) is 22.4 Å². The Morgan fingerprint density at radius 1 is 1.06 bits per heavy atom. The molecule has 35 heavy (non-hydrogen) atoms. The van der Waals surface area contributed by atoms with Crippen molar-refractivity contribution in [2.75, 3.05) is 37.7 Å². The maximum Gasteiger partial charge on any atom is 0.407 e. The molecule has 0 aromatic heterocycles. The molecule has 0 saturated carbocycles. The fourth-order valence-electron chi connectivity index (χ4n) is 4.86. The smallest absolute Gasteiger partial charge is 0.407 e. The number of amides is 1. The van der Waals surface area contributed by atoms with E-state index >= 15 is 0 Å². The topological polar surface area (TPSA) is 56.2 Å². The van der Waals surface area contributed by atoms with Crippen LogP contribution in [0.25, 0.3) is 0 Å². The van der Waals surface area contributed by atoms with Gasteiger partial charge in [0, 0.05) is 51.6 Å². The van der Waals surface area contributed by atoms with Gasteiger partial charge in [0.05, 0.1) is 6.04 Å². The summed E-state index contributed by atoms with van der Waals surface area (Å²) < 4.78 is 6.40. The lowest BCUT2D eigenvalue weighted by molar-refractivity contribution is 0.118. The first kappa shape index (κ1) is 25.7. The number of anilines is 1. The number of hydrogen-bond acceptors (Lipinski definition) is 4. The predicted octanol–water partition coefficient (Wildman–Crippen LogP) is 5.44. The van der Waals surface area contributed by atoms with Gasteiger partial charge in [-0.2, -0.15) is 0 Å². The molecule has 6 nitrogen and oxygen atoms in total. The van der Waals surface area contributed by atoms with Crippen LogP contribution in [0.1, 0.15) is 37.5 Å². The highest BCUT2D eigenvalue weighted by molar-refractivity contribution is 6.74. The Kier molecular flexibility index (Phi) is 7.59. The molecule has 2 aliphatic rings. The Morgan fingerprint density at radius 3 is 2.46 bits per heavy atom. The maximum absolute atomic E-state index is 11.9. The first-order valence-corrected chi connectivity index (χ1v) is 15.7. The van der Waals surface area contributed by atoms with Crippen molar-refractivity contribution in [2.45, 2.75) is 64.5 Å². The zero-order valence-electron chi connectivity index (χ0n) is 22.0. The summed E-state index contributed by atoms with van der Waals surface area (Å²) in [7, 11) is -1.72. The Balaban J connectivity index is 1.38. The van der Waals surface area contributed by atoms with E-state index in [2.05, 4.69) is 74.0 Å². The molecule has 0 aliphatic carbocycles. The van der Waals surface area contributed by atoms with E-state index in [-0.39, 0.29) is 11.1 Å². The van der Waals surface area contributed by atoms with Gasteiger partial charge in [0.1, 0.15) is 0 Å². The van der Waals surface area contributed by atoms with Gasteiger partial charge in [-0.15, -0.1) is 0 Å². The monoisotopic (exact) mass is 495 g/mol. The number of carbonyl (C=O) groups is 1. The van der Waals surface area contributed by atoms with E-state index < -0.39 is 14.4 Å². The van der Waals surface area contributed by atoms with Crippen LogP contribution in [0.4, 0.5) is 10.5 Å². The summed E-state index contributed by atoms with van der Waals surface area (Å²) in [6, 6.07) is 16.9. The highest BCUT2D eigenvalue weighted by atomic mass is 28.4. The highest BCUT2D eigenvalue weighted by Gasteiger charge is 2.37. The van der Waals surface area contributed by atoms with Crippen LogP contribution in [0.2, 0.25) is 18.1 Å². The van der Waals surface area contributed by atoms with Gasteiger partial charge >= 0.3 is 6.09 Å². The van der Waals surface area contributed by atoms with E-state index in [0.717, 1.165) is 39.2 Å². The van der Waals surface area contributed by atoms with Crippen LogP contribution < -0.4 is 4.90 Å². The molecule has 2 heterocycles. The molecule has 4 rings (SSSR count). The van der Waals surface area contributed by atoms with E-state index in [9.17, 15) is 9.90 Å². The van der Waals surface area contributed by atoms with Crippen LogP contribution in [0.15, 0.2) is 48.5 Å². The molecule has 0 spiro atoms. The normalized spacial score (nSPS) is 19.2. The Bertz CT molecular complexity index is 1020. The number of piperazine rings is 1. The van der Waals surface area contributed by atoms with Crippen molar-refractivity contribution in [3.63, 3.8) is 0 Å². The van der Waals surface area contributed by atoms with Gasteiger partial charge < -0.3 is 19.3 Å². The van der Waals surface area contributed by atoms with E-state index in [1.807, 2.05) is 18.2 Å². The summed E-state index contributed by atoms with van der Waals surface area (Å²) in [5, 5.41) is 9.99. The first-order valence-electron chi connectivity index (χ1n) is 12.8. The Morgan fingerprint density at radius 2 is 1.77 bits per heavy atom. The van der Waals surface area contributed by atoms with E-state index in [1.54, 1.807) is 4.90 Å². The summed E-state index contributed by atoms with van der Waals surface area (Å²) >= 11 is 0. The summed E-state index contributed by atoms with van der Waals surface area (Å²) in [5.41, 5.74) is 5.16. The lowest BCUT2D eigenvalue weighted by atomic mass is 10.0. The fraction of sp³-hybridized carbons (Fsp3) is 0.536. The van der Waals surface area contributed by atoms with Crippen molar-refractivity contribution in [3.05, 3.63) is 65.2 Å². The zero-order valence-corrected chi connectivity index (χ0v) is 23.0. The largest absolute Gasteiger partial charge is 0.465 e. The molecule has 2 aromatic carbocycles. The number of carboxylic acid groups (broad SMARTS) is 1. The summed E-state index contributed by atoms with van der Waals surface area (Å²) in [5.74, 6) is 0. The minimum absolute atomic E-state index is 0.0547. The average molecular weight is 496 g/mol. The van der Waals surface area contributed by atoms with E-state index in [4.69, 9.17) is 4.43 Å². The summed E-state index contributed by atoms with van der Waals surface area (Å²) in [6.07, 6.45) is -0.0913. The predicted molar refractivity (Wildman–Crippen MR) is 145 cm³/mol. The van der Waals surface area contributed by atoms with Crippen LogP contribution in [-0.4, -0.2) is 68.1 Å². The number of nitrogens with zero attached hydrogens (tertiary/aromatic N) is 3. The molecule has 7 heteroatoms. The third-order valence-corrected chi connectivity index (χ3v) is 12.6. The number of fused-ring (bicyclic) bond motifs is 1. The minimum Gasteiger partial charge on any atom is -0.465 e. The molecule has 1 saturated heterocycles. The molecule has 0 bridgehead atoms.